The van der Waals surface area contributed by atoms with Gasteiger partial charge in [-0.25, -0.2) is 0 Å². The van der Waals surface area contributed by atoms with Crippen LogP contribution in [0.1, 0.15) is 29.8 Å². The molecule has 2 saturated heterocycles. The molecule has 3 rings (SSSR count). The molecule has 0 radical (unpaired) electrons. The lowest BCUT2D eigenvalue weighted by molar-refractivity contribution is 0.0753. The summed E-state index contributed by atoms with van der Waals surface area (Å²) in [6, 6.07) is 8.24. The first kappa shape index (κ1) is 17.8. The molecule has 1 aromatic rings. The second-order valence-electron chi connectivity index (χ2n) is 7.25. The molecule has 0 aromatic heterocycles. The van der Waals surface area contributed by atoms with Crippen molar-refractivity contribution in [3.8, 4) is 0 Å². The molecule has 0 unspecified atom stereocenters. The van der Waals surface area contributed by atoms with Crippen molar-refractivity contribution in [3.05, 3.63) is 35.4 Å². The molecule has 1 amide bonds. The van der Waals surface area contributed by atoms with Crippen LogP contribution in [0.15, 0.2) is 24.3 Å². The van der Waals surface area contributed by atoms with Crippen molar-refractivity contribution < 1.29 is 4.79 Å². The molecule has 132 valence electrons. The number of thioether (sulfide) groups is 1. The Bertz CT molecular complexity index is 561. The highest BCUT2D eigenvalue weighted by molar-refractivity contribution is 8.00. The zero-order valence-corrected chi connectivity index (χ0v) is 15.9. The van der Waals surface area contributed by atoms with E-state index < -0.39 is 0 Å². The summed E-state index contributed by atoms with van der Waals surface area (Å²) >= 11 is 1.98. The lowest BCUT2D eigenvalue weighted by Crippen LogP contribution is -2.44. The molecule has 4 nitrogen and oxygen atoms in total. The van der Waals surface area contributed by atoms with E-state index >= 15 is 0 Å². The van der Waals surface area contributed by atoms with Crippen LogP contribution in [0, 0.1) is 0 Å². The van der Waals surface area contributed by atoms with E-state index in [4.69, 9.17) is 0 Å². The van der Waals surface area contributed by atoms with Crippen molar-refractivity contribution in [2.75, 3.05) is 46.3 Å². The molecule has 0 bridgehead atoms. The Balaban J connectivity index is 1.65. The molecule has 2 fully saturated rings. The van der Waals surface area contributed by atoms with Crippen LogP contribution in [0.3, 0.4) is 0 Å². The molecular weight excluding hydrogens is 318 g/mol. The molecule has 0 saturated carbocycles. The average molecular weight is 348 g/mol. The number of nitrogens with zero attached hydrogens (tertiary/aromatic N) is 3. The first-order valence-electron chi connectivity index (χ1n) is 8.96. The van der Waals surface area contributed by atoms with Gasteiger partial charge in [0.05, 0.1) is 0 Å². The Hall–Kier alpha value is -1.04. The fourth-order valence-electron chi connectivity index (χ4n) is 3.59. The molecule has 24 heavy (non-hydrogen) atoms. The standard InChI is InChI=1S/C19H29N3OS/c1-15-12-22(13-16(2)24-15)19(23)18-6-4-5-17(11-18)14-21-9-7-20(3)8-10-21/h4-6,11,15-16H,7-10,12-14H2,1-3H3/t15-,16+. The Morgan fingerprint density at radius 3 is 2.46 bits per heavy atom. The van der Waals surface area contributed by atoms with E-state index in [0.717, 1.165) is 51.4 Å². The summed E-state index contributed by atoms with van der Waals surface area (Å²) in [7, 11) is 2.18. The molecule has 2 heterocycles. The van der Waals surface area contributed by atoms with Gasteiger partial charge in [0, 0.05) is 61.9 Å². The number of benzene rings is 1. The maximum absolute atomic E-state index is 12.9. The summed E-state index contributed by atoms with van der Waals surface area (Å²) in [6.45, 7) is 11.5. The lowest BCUT2D eigenvalue weighted by Gasteiger charge is -2.35. The molecule has 0 N–H and O–H groups in total. The number of rotatable bonds is 3. The summed E-state index contributed by atoms with van der Waals surface area (Å²) in [5.74, 6) is 0.189. The van der Waals surface area contributed by atoms with E-state index in [1.807, 2.05) is 28.8 Å². The quantitative estimate of drug-likeness (QED) is 0.839. The third kappa shape index (κ3) is 4.52. The van der Waals surface area contributed by atoms with E-state index in [9.17, 15) is 4.79 Å². The minimum atomic E-state index is 0.189. The van der Waals surface area contributed by atoms with Crippen molar-refractivity contribution in [2.24, 2.45) is 0 Å². The number of hydrogen-bond donors (Lipinski definition) is 0. The molecular formula is C19H29N3OS. The van der Waals surface area contributed by atoms with Gasteiger partial charge < -0.3 is 9.80 Å². The van der Waals surface area contributed by atoms with Gasteiger partial charge in [-0.3, -0.25) is 9.69 Å². The third-order valence-electron chi connectivity index (χ3n) is 4.88. The summed E-state index contributed by atoms with van der Waals surface area (Å²) in [5.41, 5.74) is 2.09. The fourth-order valence-corrected chi connectivity index (χ4v) is 4.92. The van der Waals surface area contributed by atoms with Crippen molar-refractivity contribution >= 4 is 17.7 Å². The van der Waals surface area contributed by atoms with Gasteiger partial charge in [-0.1, -0.05) is 26.0 Å². The van der Waals surface area contributed by atoms with Gasteiger partial charge in [-0.2, -0.15) is 11.8 Å². The average Bonchev–Trinajstić information content (AvgIpc) is 2.56. The van der Waals surface area contributed by atoms with E-state index in [1.54, 1.807) is 0 Å². The molecule has 2 atom stereocenters. The Morgan fingerprint density at radius 2 is 1.79 bits per heavy atom. The number of amides is 1. The predicted molar refractivity (Wildman–Crippen MR) is 102 cm³/mol. The topological polar surface area (TPSA) is 26.8 Å². The van der Waals surface area contributed by atoms with Gasteiger partial charge in [0.25, 0.3) is 5.91 Å². The van der Waals surface area contributed by atoms with Gasteiger partial charge >= 0.3 is 0 Å². The molecule has 2 aliphatic rings. The van der Waals surface area contributed by atoms with Crippen LogP contribution in [-0.2, 0) is 6.54 Å². The number of carbonyl (C=O) groups is 1. The predicted octanol–water partition coefficient (Wildman–Crippen LogP) is 2.40. The van der Waals surface area contributed by atoms with Gasteiger partial charge in [0.1, 0.15) is 0 Å². The van der Waals surface area contributed by atoms with E-state index in [1.165, 1.54) is 5.56 Å². The fraction of sp³-hybridized carbons (Fsp3) is 0.632. The largest absolute Gasteiger partial charge is 0.336 e. The summed E-state index contributed by atoms with van der Waals surface area (Å²) < 4.78 is 0. The number of carbonyl (C=O) groups excluding carboxylic acids is 1. The molecule has 0 spiro atoms. The van der Waals surface area contributed by atoms with Crippen LogP contribution < -0.4 is 0 Å². The van der Waals surface area contributed by atoms with E-state index in [0.29, 0.717) is 10.5 Å². The van der Waals surface area contributed by atoms with Crippen LogP contribution in [0.2, 0.25) is 0 Å². The minimum absolute atomic E-state index is 0.189. The van der Waals surface area contributed by atoms with Crippen LogP contribution in [0.25, 0.3) is 0 Å². The Labute approximate surface area is 150 Å². The van der Waals surface area contributed by atoms with E-state index in [-0.39, 0.29) is 5.91 Å². The highest BCUT2D eigenvalue weighted by Crippen LogP contribution is 2.26. The van der Waals surface area contributed by atoms with Crippen LogP contribution in [-0.4, -0.2) is 77.4 Å². The maximum Gasteiger partial charge on any atom is 0.253 e. The Kier molecular flexibility index (Phi) is 5.85. The van der Waals surface area contributed by atoms with Crippen molar-refractivity contribution in [1.82, 2.24) is 14.7 Å². The van der Waals surface area contributed by atoms with Crippen molar-refractivity contribution in [1.29, 1.82) is 0 Å². The Morgan fingerprint density at radius 1 is 1.12 bits per heavy atom. The van der Waals surface area contributed by atoms with Gasteiger partial charge in [0.2, 0.25) is 0 Å². The number of hydrogen-bond acceptors (Lipinski definition) is 4. The first-order chi connectivity index (χ1) is 11.5. The summed E-state index contributed by atoms with van der Waals surface area (Å²) in [6.07, 6.45) is 0. The molecule has 5 heteroatoms. The summed E-state index contributed by atoms with van der Waals surface area (Å²) in [5, 5.41) is 1.04. The van der Waals surface area contributed by atoms with Crippen LogP contribution in [0.4, 0.5) is 0 Å². The number of piperazine rings is 1. The SMILES string of the molecule is C[C@@H]1CN(C(=O)c2cccc(CN3CCN(C)CC3)c2)C[C@H](C)S1. The van der Waals surface area contributed by atoms with Crippen molar-refractivity contribution in [3.63, 3.8) is 0 Å². The number of likely N-dealkylation sites (N-methyl/N-ethyl adjacent to an activating group) is 1. The van der Waals surface area contributed by atoms with Gasteiger partial charge in [-0.05, 0) is 24.7 Å². The zero-order valence-electron chi connectivity index (χ0n) is 15.1. The molecule has 0 aliphatic carbocycles. The second-order valence-corrected chi connectivity index (χ2v) is 9.13. The molecule has 2 aliphatic heterocycles. The third-order valence-corrected chi connectivity index (χ3v) is 6.11. The normalized spacial score (nSPS) is 26.5. The zero-order chi connectivity index (χ0) is 17.1. The highest BCUT2D eigenvalue weighted by Gasteiger charge is 2.26. The van der Waals surface area contributed by atoms with Gasteiger partial charge in [-0.15, -0.1) is 0 Å². The first-order valence-corrected chi connectivity index (χ1v) is 9.90. The second kappa shape index (κ2) is 7.89. The minimum Gasteiger partial charge on any atom is -0.336 e. The van der Waals surface area contributed by atoms with Crippen LogP contribution >= 0.6 is 11.8 Å². The lowest BCUT2D eigenvalue weighted by atomic mass is 10.1. The smallest absolute Gasteiger partial charge is 0.253 e. The molecule has 1 aromatic carbocycles. The van der Waals surface area contributed by atoms with Crippen molar-refractivity contribution in [2.45, 2.75) is 30.9 Å². The van der Waals surface area contributed by atoms with E-state index in [2.05, 4.69) is 42.8 Å². The van der Waals surface area contributed by atoms with Crippen LogP contribution in [0.5, 0.6) is 0 Å². The van der Waals surface area contributed by atoms with Gasteiger partial charge in [0.15, 0.2) is 0 Å². The summed E-state index contributed by atoms with van der Waals surface area (Å²) in [4.78, 5) is 19.7. The monoisotopic (exact) mass is 347 g/mol. The highest BCUT2D eigenvalue weighted by atomic mass is 32.2. The maximum atomic E-state index is 12.9.